The van der Waals surface area contributed by atoms with Crippen LogP contribution in [0.1, 0.15) is 0 Å². The maximum atomic E-state index is 12.4. The fourth-order valence-corrected chi connectivity index (χ4v) is 3.32. The van der Waals surface area contributed by atoms with Crippen LogP contribution in [-0.4, -0.2) is 13.7 Å². The van der Waals surface area contributed by atoms with Crippen LogP contribution in [0, 0.1) is 0 Å². The van der Waals surface area contributed by atoms with Crippen molar-refractivity contribution < 1.29 is 0 Å². The molecule has 0 aliphatic rings. The van der Waals surface area contributed by atoms with E-state index in [0.717, 1.165) is 13.7 Å². The molecular formula is C15H9N3O6. The first-order chi connectivity index (χ1) is 11.2. The third kappa shape index (κ3) is 1.23. The average molecular weight is 327 g/mol. The number of rotatable bonds is 0. The quantitative estimate of drug-likeness (QED) is 0.356. The molecule has 9 nitrogen and oxygen atoms in total. The number of aromatic nitrogens is 3. The van der Waals surface area contributed by atoms with E-state index in [1.165, 1.54) is 21.1 Å². The van der Waals surface area contributed by atoms with Gasteiger partial charge >= 0.3 is 0 Å². The normalized spacial score (nSPS) is 12.1. The van der Waals surface area contributed by atoms with Gasteiger partial charge < -0.3 is 0 Å². The van der Waals surface area contributed by atoms with Gasteiger partial charge in [0, 0.05) is 21.1 Å². The maximum absolute atomic E-state index is 12.4. The van der Waals surface area contributed by atoms with Crippen LogP contribution in [0.2, 0.25) is 0 Å². The van der Waals surface area contributed by atoms with E-state index in [0.29, 0.717) is 0 Å². The Balaban J connectivity index is 2.78. The maximum Gasteiger partial charge on any atom is 0.262 e. The molecule has 9 heteroatoms. The SMILES string of the molecule is Cn1c(=O)c2c3c(=O)n(C)c(=O)c3c3c(=O)n(C)c(=O)c3c2c1=O. The summed E-state index contributed by atoms with van der Waals surface area (Å²) in [4.78, 5) is 74.5. The number of hydrogen-bond donors (Lipinski definition) is 0. The Morgan fingerprint density at radius 1 is 0.375 bits per heavy atom. The van der Waals surface area contributed by atoms with E-state index >= 15 is 0 Å². The first kappa shape index (κ1) is 14.2. The van der Waals surface area contributed by atoms with Gasteiger partial charge in [-0.1, -0.05) is 0 Å². The number of benzene rings is 1. The van der Waals surface area contributed by atoms with Gasteiger partial charge in [0.25, 0.3) is 33.4 Å². The van der Waals surface area contributed by atoms with Gasteiger partial charge in [0.15, 0.2) is 0 Å². The lowest BCUT2D eigenvalue weighted by Gasteiger charge is -1.92. The summed E-state index contributed by atoms with van der Waals surface area (Å²) in [5.41, 5.74) is -4.66. The van der Waals surface area contributed by atoms with Crippen LogP contribution in [0.4, 0.5) is 0 Å². The fraction of sp³-hybridized carbons (Fsp3) is 0.200. The molecule has 0 amide bonds. The van der Waals surface area contributed by atoms with E-state index in [4.69, 9.17) is 0 Å². The van der Waals surface area contributed by atoms with E-state index in [-0.39, 0.29) is 32.3 Å². The lowest BCUT2D eigenvalue weighted by atomic mass is 10.0. The van der Waals surface area contributed by atoms with Gasteiger partial charge in [-0.15, -0.1) is 0 Å². The molecule has 4 rings (SSSR count). The molecule has 0 radical (unpaired) electrons. The van der Waals surface area contributed by atoms with Gasteiger partial charge in [-0.2, -0.15) is 0 Å². The molecule has 4 aromatic rings. The van der Waals surface area contributed by atoms with Crippen molar-refractivity contribution in [3.8, 4) is 0 Å². The molecule has 0 aliphatic carbocycles. The zero-order valence-corrected chi connectivity index (χ0v) is 12.8. The lowest BCUT2D eigenvalue weighted by Crippen LogP contribution is -2.22. The van der Waals surface area contributed by atoms with Crippen LogP contribution in [0.3, 0.4) is 0 Å². The van der Waals surface area contributed by atoms with Crippen LogP contribution in [0.5, 0.6) is 0 Å². The zero-order valence-electron chi connectivity index (χ0n) is 12.8. The van der Waals surface area contributed by atoms with E-state index in [9.17, 15) is 28.8 Å². The number of nitrogens with zero attached hydrogens (tertiary/aromatic N) is 3. The summed E-state index contributed by atoms with van der Waals surface area (Å²) in [6, 6.07) is 0. The van der Waals surface area contributed by atoms with Crippen molar-refractivity contribution in [2.45, 2.75) is 0 Å². The second kappa shape index (κ2) is 3.94. The molecule has 0 N–H and O–H groups in total. The molecular weight excluding hydrogens is 318 g/mol. The Hall–Kier alpha value is -3.36. The zero-order chi connectivity index (χ0) is 17.7. The predicted molar refractivity (Wildman–Crippen MR) is 87.1 cm³/mol. The highest BCUT2D eigenvalue weighted by Gasteiger charge is 2.28. The molecule has 120 valence electrons. The van der Waals surface area contributed by atoms with E-state index in [1.807, 2.05) is 0 Å². The summed E-state index contributed by atoms with van der Waals surface area (Å²) in [5.74, 6) is 0. The van der Waals surface area contributed by atoms with Gasteiger partial charge in [-0.25, -0.2) is 0 Å². The molecule has 0 fully saturated rings. The summed E-state index contributed by atoms with van der Waals surface area (Å²) < 4.78 is 2.28. The minimum atomic E-state index is -0.777. The molecule has 3 aromatic heterocycles. The lowest BCUT2D eigenvalue weighted by molar-refractivity contribution is 0.854. The monoisotopic (exact) mass is 327 g/mol. The first-order valence-electron chi connectivity index (χ1n) is 6.91. The Bertz CT molecular complexity index is 1210. The third-order valence-electron chi connectivity index (χ3n) is 4.61. The highest BCUT2D eigenvalue weighted by molar-refractivity contribution is 6.24. The van der Waals surface area contributed by atoms with E-state index in [2.05, 4.69) is 0 Å². The van der Waals surface area contributed by atoms with E-state index in [1.54, 1.807) is 0 Å². The molecule has 0 bridgehead atoms. The Kier molecular flexibility index (Phi) is 2.34. The van der Waals surface area contributed by atoms with Crippen molar-refractivity contribution in [1.82, 2.24) is 13.7 Å². The number of hydrogen-bond acceptors (Lipinski definition) is 6. The van der Waals surface area contributed by atoms with E-state index < -0.39 is 33.4 Å². The summed E-state index contributed by atoms with van der Waals surface area (Å²) in [6.45, 7) is 0. The smallest absolute Gasteiger partial charge is 0.262 e. The molecule has 24 heavy (non-hydrogen) atoms. The summed E-state index contributed by atoms with van der Waals surface area (Å²) in [7, 11) is 3.62. The Morgan fingerprint density at radius 3 is 0.625 bits per heavy atom. The van der Waals surface area contributed by atoms with Crippen LogP contribution in [0.25, 0.3) is 32.3 Å². The standard InChI is InChI=1S/C15H9N3O6/c1-16-10(19)4-5(11(16)20)7-9(15(24)18(3)13(7)22)8-6(4)12(21)17(2)14(8)23/h1-3H3. The Morgan fingerprint density at radius 2 is 0.500 bits per heavy atom. The van der Waals surface area contributed by atoms with Crippen molar-refractivity contribution in [3.63, 3.8) is 0 Å². The van der Waals surface area contributed by atoms with Crippen LogP contribution in [0.15, 0.2) is 28.8 Å². The van der Waals surface area contributed by atoms with Crippen LogP contribution in [-0.2, 0) is 21.1 Å². The second-order valence-corrected chi connectivity index (χ2v) is 5.76. The van der Waals surface area contributed by atoms with Gasteiger partial charge in [-0.3, -0.25) is 42.5 Å². The van der Waals surface area contributed by atoms with Crippen molar-refractivity contribution >= 4 is 32.3 Å². The third-order valence-corrected chi connectivity index (χ3v) is 4.61. The molecule has 0 saturated carbocycles. The average Bonchev–Trinajstić information content (AvgIpc) is 3.02. The molecule has 0 unspecified atom stereocenters. The topological polar surface area (TPSA) is 117 Å². The van der Waals surface area contributed by atoms with Gasteiger partial charge in [0.05, 0.1) is 32.3 Å². The van der Waals surface area contributed by atoms with Crippen molar-refractivity contribution in [2.24, 2.45) is 21.1 Å². The fourth-order valence-electron chi connectivity index (χ4n) is 3.32. The second-order valence-electron chi connectivity index (χ2n) is 5.76. The molecule has 0 aliphatic heterocycles. The molecule has 3 heterocycles. The van der Waals surface area contributed by atoms with Crippen LogP contribution < -0.4 is 33.4 Å². The molecule has 1 aromatic carbocycles. The molecule has 0 atom stereocenters. The summed E-state index contributed by atoms with van der Waals surface area (Å²) in [5, 5.41) is -1.69. The predicted octanol–water partition coefficient (Wildman–Crippen LogP) is -2.36. The first-order valence-corrected chi connectivity index (χ1v) is 6.91. The van der Waals surface area contributed by atoms with Gasteiger partial charge in [0.1, 0.15) is 0 Å². The van der Waals surface area contributed by atoms with Crippen molar-refractivity contribution in [2.75, 3.05) is 0 Å². The van der Waals surface area contributed by atoms with Crippen LogP contribution >= 0.6 is 0 Å². The number of fused-ring (bicyclic) bond motifs is 6. The largest absolute Gasteiger partial charge is 0.277 e. The Labute approximate surface area is 130 Å². The van der Waals surface area contributed by atoms with Gasteiger partial charge in [-0.05, 0) is 0 Å². The summed E-state index contributed by atoms with van der Waals surface area (Å²) >= 11 is 0. The highest BCUT2D eigenvalue weighted by Crippen LogP contribution is 2.24. The molecule has 0 saturated heterocycles. The van der Waals surface area contributed by atoms with Crippen molar-refractivity contribution in [3.05, 3.63) is 62.1 Å². The van der Waals surface area contributed by atoms with Crippen molar-refractivity contribution in [1.29, 1.82) is 0 Å². The minimum Gasteiger partial charge on any atom is -0.277 e. The molecule has 0 spiro atoms. The highest BCUT2D eigenvalue weighted by atomic mass is 16.2. The van der Waals surface area contributed by atoms with Gasteiger partial charge in [0.2, 0.25) is 0 Å². The minimum absolute atomic E-state index is 0.282. The summed E-state index contributed by atoms with van der Waals surface area (Å²) in [6.07, 6.45) is 0.